The molecule has 1 N–H and O–H groups in total. The molecule has 2 nitrogen and oxygen atoms in total. The third-order valence-electron chi connectivity index (χ3n) is 4.08. The molecule has 0 amide bonds. The Labute approximate surface area is 111 Å². The van der Waals surface area contributed by atoms with E-state index in [9.17, 15) is 0 Å². The van der Waals surface area contributed by atoms with Crippen LogP contribution in [-0.2, 0) is 11.3 Å². The average molecular weight is 247 g/mol. The van der Waals surface area contributed by atoms with Gasteiger partial charge >= 0.3 is 0 Å². The van der Waals surface area contributed by atoms with Crippen molar-refractivity contribution in [1.82, 2.24) is 5.32 Å². The van der Waals surface area contributed by atoms with Crippen LogP contribution in [0.3, 0.4) is 0 Å². The lowest BCUT2D eigenvalue weighted by atomic mass is 9.99. The van der Waals surface area contributed by atoms with Gasteiger partial charge in [0.2, 0.25) is 0 Å². The quantitative estimate of drug-likeness (QED) is 0.882. The van der Waals surface area contributed by atoms with E-state index < -0.39 is 0 Å². The molecule has 1 aromatic carbocycles. The van der Waals surface area contributed by atoms with Gasteiger partial charge in [0.1, 0.15) is 0 Å². The van der Waals surface area contributed by atoms with Gasteiger partial charge in [0.05, 0.1) is 6.10 Å². The van der Waals surface area contributed by atoms with Gasteiger partial charge in [-0.25, -0.2) is 0 Å². The number of nitrogens with one attached hydrogen (secondary N) is 1. The molecule has 1 aliphatic heterocycles. The first-order valence-corrected chi connectivity index (χ1v) is 6.97. The van der Waals surface area contributed by atoms with Crippen molar-refractivity contribution in [2.75, 3.05) is 13.2 Å². The van der Waals surface area contributed by atoms with Crippen LogP contribution < -0.4 is 5.32 Å². The Balaban J connectivity index is 1.90. The molecule has 1 aromatic rings. The van der Waals surface area contributed by atoms with Gasteiger partial charge in [-0.15, -0.1) is 0 Å². The summed E-state index contributed by atoms with van der Waals surface area (Å²) >= 11 is 0. The highest BCUT2D eigenvalue weighted by Gasteiger charge is 2.23. The Bertz CT molecular complexity index is 391. The first-order chi connectivity index (χ1) is 8.58. The second-order valence-electron chi connectivity index (χ2n) is 5.63. The Morgan fingerprint density at radius 2 is 1.89 bits per heavy atom. The molecule has 100 valence electrons. The van der Waals surface area contributed by atoms with Gasteiger partial charge in [-0.05, 0) is 56.7 Å². The number of hydrogen-bond donors (Lipinski definition) is 1. The minimum absolute atomic E-state index is 0.415. The van der Waals surface area contributed by atoms with E-state index in [4.69, 9.17) is 4.74 Å². The summed E-state index contributed by atoms with van der Waals surface area (Å²) < 4.78 is 5.59. The molecule has 0 aliphatic carbocycles. The first-order valence-electron chi connectivity index (χ1n) is 6.97. The van der Waals surface area contributed by atoms with Crippen LogP contribution in [0.15, 0.2) is 12.1 Å². The fourth-order valence-electron chi connectivity index (χ4n) is 2.92. The van der Waals surface area contributed by atoms with E-state index in [-0.39, 0.29) is 0 Å². The van der Waals surface area contributed by atoms with Crippen LogP contribution in [0, 0.1) is 26.7 Å². The van der Waals surface area contributed by atoms with Crippen molar-refractivity contribution in [3.8, 4) is 0 Å². The maximum atomic E-state index is 5.59. The van der Waals surface area contributed by atoms with Crippen molar-refractivity contribution in [2.45, 2.75) is 46.8 Å². The summed E-state index contributed by atoms with van der Waals surface area (Å²) in [5, 5.41) is 3.60. The standard InChI is InChI=1S/C16H25NO/c1-11-7-12(2)16(13(3)8-11)10-17-9-15-5-6-18-14(15)4/h7-8,14-15,17H,5-6,9-10H2,1-4H3. The van der Waals surface area contributed by atoms with Gasteiger partial charge in [-0.2, -0.15) is 0 Å². The Morgan fingerprint density at radius 1 is 1.22 bits per heavy atom. The monoisotopic (exact) mass is 247 g/mol. The highest BCUT2D eigenvalue weighted by atomic mass is 16.5. The summed E-state index contributed by atoms with van der Waals surface area (Å²) in [4.78, 5) is 0. The van der Waals surface area contributed by atoms with Gasteiger partial charge in [-0.3, -0.25) is 0 Å². The third-order valence-corrected chi connectivity index (χ3v) is 4.08. The molecule has 1 heterocycles. The zero-order valence-electron chi connectivity index (χ0n) is 12.0. The molecule has 0 aromatic heterocycles. The lowest BCUT2D eigenvalue weighted by Crippen LogP contribution is -2.27. The highest BCUT2D eigenvalue weighted by Crippen LogP contribution is 2.20. The van der Waals surface area contributed by atoms with Crippen LogP contribution in [0.25, 0.3) is 0 Å². The Hall–Kier alpha value is -0.860. The molecule has 2 atom stereocenters. The van der Waals surface area contributed by atoms with Gasteiger partial charge in [-0.1, -0.05) is 17.7 Å². The van der Waals surface area contributed by atoms with Gasteiger partial charge in [0.25, 0.3) is 0 Å². The molecule has 0 bridgehead atoms. The third kappa shape index (κ3) is 3.12. The summed E-state index contributed by atoms with van der Waals surface area (Å²) in [5.74, 6) is 0.677. The normalized spacial score (nSPS) is 23.6. The van der Waals surface area contributed by atoms with Crippen molar-refractivity contribution < 1.29 is 4.74 Å². The topological polar surface area (TPSA) is 21.3 Å². The van der Waals surface area contributed by atoms with Crippen LogP contribution in [-0.4, -0.2) is 19.3 Å². The van der Waals surface area contributed by atoms with E-state index in [0.29, 0.717) is 12.0 Å². The fraction of sp³-hybridized carbons (Fsp3) is 0.625. The molecule has 18 heavy (non-hydrogen) atoms. The molecule has 1 saturated heterocycles. The fourth-order valence-corrected chi connectivity index (χ4v) is 2.92. The van der Waals surface area contributed by atoms with E-state index in [0.717, 1.165) is 19.7 Å². The zero-order chi connectivity index (χ0) is 13.1. The molecule has 0 spiro atoms. The summed E-state index contributed by atoms with van der Waals surface area (Å²) in [5.41, 5.74) is 5.60. The maximum Gasteiger partial charge on any atom is 0.0588 e. The Kier molecular flexibility index (Phi) is 4.41. The van der Waals surface area contributed by atoms with E-state index >= 15 is 0 Å². The summed E-state index contributed by atoms with van der Waals surface area (Å²) in [6.07, 6.45) is 1.61. The molecule has 1 fully saturated rings. The number of ether oxygens (including phenoxy) is 1. The van der Waals surface area contributed by atoms with Gasteiger partial charge in [0.15, 0.2) is 0 Å². The van der Waals surface area contributed by atoms with Crippen LogP contribution in [0.1, 0.15) is 35.6 Å². The molecule has 2 rings (SSSR count). The molecule has 0 radical (unpaired) electrons. The second kappa shape index (κ2) is 5.85. The minimum Gasteiger partial charge on any atom is -0.378 e. The van der Waals surface area contributed by atoms with E-state index in [2.05, 4.69) is 45.1 Å². The van der Waals surface area contributed by atoms with Crippen LogP contribution >= 0.6 is 0 Å². The van der Waals surface area contributed by atoms with Gasteiger partial charge in [0, 0.05) is 19.7 Å². The molecule has 2 unspecified atom stereocenters. The molecule has 1 aliphatic rings. The smallest absolute Gasteiger partial charge is 0.0588 e. The number of benzene rings is 1. The highest BCUT2D eigenvalue weighted by molar-refractivity contribution is 5.37. The van der Waals surface area contributed by atoms with Crippen LogP contribution in [0.2, 0.25) is 0 Å². The second-order valence-corrected chi connectivity index (χ2v) is 5.63. The molecule has 0 saturated carbocycles. The van der Waals surface area contributed by atoms with Gasteiger partial charge < -0.3 is 10.1 Å². The maximum absolute atomic E-state index is 5.59. The number of rotatable bonds is 4. The predicted octanol–water partition coefficient (Wildman–Crippen LogP) is 3.13. The lowest BCUT2D eigenvalue weighted by molar-refractivity contribution is 0.105. The largest absolute Gasteiger partial charge is 0.378 e. The predicted molar refractivity (Wildman–Crippen MR) is 75.9 cm³/mol. The van der Waals surface area contributed by atoms with Crippen LogP contribution in [0.4, 0.5) is 0 Å². The van der Waals surface area contributed by atoms with E-state index in [1.807, 2.05) is 0 Å². The SMILES string of the molecule is Cc1cc(C)c(CNCC2CCOC2C)c(C)c1. The minimum atomic E-state index is 0.415. The summed E-state index contributed by atoms with van der Waals surface area (Å²) in [6.45, 7) is 11.7. The molecular formula is C16H25NO. The van der Waals surface area contributed by atoms with Crippen molar-refractivity contribution in [3.63, 3.8) is 0 Å². The van der Waals surface area contributed by atoms with Crippen molar-refractivity contribution in [1.29, 1.82) is 0 Å². The molecule has 2 heteroatoms. The number of hydrogen-bond acceptors (Lipinski definition) is 2. The molecular weight excluding hydrogens is 222 g/mol. The van der Waals surface area contributed by atoms with E-state index in [1.165, 1.54) is 28.7 Å². The van der Waals surface area contributed by atoms with Crippen molar-refractivity contribution in [2.24, 2.45) is 5.92 Å². The summed E-state index contributed by atoms with van der Waals surface area (Å²) in [6, 6.07) is 4.54. The number of aryl methyl sites for hydroxylation is 3. The van der Waals surface area contributed by atoms with Crippen LogP contribution in [0.5, 0.6) is 0 Å². The van der Waals surface area contributed by atoms with Crippen molar-refractivity contribution in [3.05, 3.63) is 34.4 Å². The average Bonchev–Trinajstić information content (AvgIpc) is 2.68. The van der Waals surface area contributed by atoms with E-state index in [1.54, 1.807) is 0 Å². The summed E-state index contributed by atoms with van der Waals surface area (Å²) in [7, 11) is 0. The van der Waals surface area contributed by atoms with Crippen molar-refractivity contribution >= 4 is 0 Å². The first kappa shape index (κ1) is 13.6. The lowest BCUT2D eigenvalue weighted by Gasteiger charge is -2.17. The Morgan fingerprint density at radius 3 is 2.44 bits per heavy atom. The zero-order valence-corrected chi connectivity index (χ0v) is 12.0.